The minimum absolute atomic E-state index is 0.366. The van der Waals surface area contributed by atoms with E-state index in [9.17, 15) is 4.79 Å². The topological polar surface area (TPSA) is 45.7 Å². The van der Waals surface area contributed by atoms with Crippen molar-refractivity contribution < 1.29 is 9.53 Å². The summed E-state index contributed by atoms with van der Waals surface area (Å²) in [5.41, 5.74) is 0.403. The number of methoxy groups -OCH3 is 1. The highest BCUT2D eigenvalue weighted by Gasteiger charge is 2.20. The number of piperazine rings is 1. The maximum Gasteiger partial charge on any atom is 0.357 e. The predicted molar refractivity (Wildman–Crippen MR) is 70.8 cm³/mol. The molecule has 1 saturated heterocycles. The average molecular weight is 273 g/mol. The number of hydrogen-bond acceptors (Lipinski definition) is 7. The number of hydrogen-bond donors (Lipinski definition) is 0. The summed E-state index contributed by atoms with van der Waals surface area (Å²) < 4.78 is 6.97. The molecule has 1 aliphatic heterocycles. The summed E-state index contributed by atoms with van der Waals surface area (Å²) in [6.45, 7) is 3.95. The van der Waals surface area contributed by atoms with Gasteiger partial charge in [0.1, 0.15) is 0 Å². The van der Waals surface area contributed by atoms with Crippen molar-refractivity contribution in [2.24, 2.45) is 0 Å². The Balaban J connectivity index is 1.99. The summed E-state index contributed by atoms with van der Waals surface area (Å²) in [6, 6.07) is 0. The monoisotopic (exact) mass is 273 g/mol. The first-order valence-corrected chi connectivity index (χ1v) is 7.38. The van der Waals surface area contributed by atoms with E-state index < -0.39 is 0 Å². The van der Waals surface area contributed by atoms with Crippen LogP contribution in [0, 0.1) is 0 Å². The van der Waals surface area contributed by atoms with Crippen molar-refractivity contribution in [2.45, 2.75) is 0 Å². The van der Waals surface area contributed by atoms with Gasteiger partial charge in [0.25, 0.3) is 0 Å². The van der Waals surface area contributed by atoms with Gasteiger partial charge in [0.15, 0.2) is 10.8 Å². The van der Waals surface area contributed by atoms with Crippen molar-refractivity contribution in [1.29, 1.82) is 0 Å². The van der Waals surface area contributed by atoms with Gasteiger partial charge in [0, 0.05) is 31.6 Å². The molecule has 0 N–H and O–H groups in total. The third kappa shape index (κ3) is 2.91. The van der Waals surface area contributed by atoms with Gasteiger partial charge >= 0.3 is 5.97 Å². The summed E-state index contributed by atoms with van der Waals surface area (Å²) in [7, 11) is 1.37. The van der Waals surface area contributed by atoms with E-state index in [1.807, 2.05) is 0 Å². The molecule has 17 heavy (non-hydrogen) atoms. The van der Waals surface area contributed by atoms with E-state index in [1.165, 1.54) is 18.4 Å². The van der Waals surface area contributed by atoms with Gasteiger partial charge in [0.05, 0.1) is 7.11 Å². The number of esters is 1. The van der Waals surface area contributed by atoms with Crippen molar-refractivity contribution in [3.8, 4) is 0 Å². The van der Waals surface area contributed by atoms with Gasteiger partial charge in [-0.1, -0.05) is 11.9 Å². The predicted octanol–water partition coefficient (Wildman–Crippen LogP) is 1.33. The third-order valence-corrected chi connectivity index (χ3v) is 4.44. The van der Waals surface area contributed by atoms with Gasteiger partial charge in [-0.15, -0.1) is 11.3 Å². The molecule has 0 unspecified atom stereocenters. The Bertz CT molecular complexity index is 389. The number of aromatic nitrogens is 1. The number of rotatable bonds is 3. The third-order valence-electron chi connectivity index (χ3n) is 2.65. The average Bonchev–Trinajstić information content (AvgIpc) is 2.87. The van der Waals surface area contributed by atoms with Crippen molar-refractivity contribution in [3.63, 3.8) is 0 Å². The van der Waals surface area contributed by atoms with Crippen LogP contribution in [-0.4, -0.2) is 54.8 Å². The van der Waals surface area contributed by atoms with Crippen LogP contribution in [-0.2, 0) is 4.74 Å². The van der Waals surface area contributed by atoms with Gasteiger partial charge < -0.3 is 9.64 Å². The molecule has 2 heterocycles. The van der Waals surface area contributed by atoms with Crippen LogP contribution in [0.15, 0.2) is 5.38 Å². The Morgan fingerprint density at radius 2 is 2.18 bits per heavy atom. The molecule has 0 spiro atoms. The quantitative estimate of drug-likeness (QED) is 0.611. The first kappa shape index (κ1) is 12.7. The molecule has 94 valence electrons. The first-order valence-electron chi connectivity index (χ1n) is 5.32. The lowest BCUT2D eigenvalue weighted by Crippen LogP contribution is -2.43. The Morgan fingerprint density at radius 3 is 2.76 bits per heavy atom. The second-order valence-electron chi connectivity index (χ2n) is 3.61. The van der Waals surface area contributed by atoms with Crippen LogP contribution in [0.4, 0.5) is 5.13 Å². The highest BCUT2D eigenvalue weighted by atomic mass is 32.2. The number of carbonyl (C=O) groups excluding carboxylic acids is 1. The van der Waals surface area contributed by atoms with Gasteiger partial charge in [-0.3, -0.25) is 0 Å². The summed E-state index contributed by atoms with van der Waals surface area (Å²) in [4.78, 5) is 17.8. The number of ether oxygens (including phenoxy) is 1. The zero-order valence-corrected chi connectivity index (χ0v) is 11.5. The number of anilines is 1. The van der Waals surface area contributed by atoms with E-state index in [-0.39, 0.29) is 5.97 Å². The molecular weight excluding hydrogens is 258 g/mol. The molecule has 0 bridgehead atoms. The van der Waals surface area contributed by atoms with E-state index in [1.54, 1.807) is 17.3 Å². The molecule has 1 aromatic heterocycles. The van der Waals surface area contributed by atoms with E-state index in [4.69, 9.17) is 0 Å². The van der Waals surface area contributed by atoms with Crippen LogP contribution < -0.4 is 4.90 Å². The zero-order chi connectivity index (χ0) is 12.3. The summed E-state index contributed by atoms with van der Waals surface area (Å²) in [5.74, 6) is -0.366. The normalized spacial score (nSPS) is 17.2. The minimum atomic E-state index is -0.366. The lowest BCUT2D eigenvalue weighted by Gasteiger charge is -2.32. The second-order valence-corrected chi connectivity index (χ2v) is 5.32. The minimum Gasteiger partial charge on any atom is -0.464 e. The van der Waals surface area contributed by atoms with E-state index in [2.05, 4.69) is 25.2 Å². The van der Waals surface area contributed by atoms with Gasteiger partial charge in [-0.2, -0.15) is 0 Å². The van der Waals surface area contributed by atoms with Crippen LogP contribution in [0.5, 0.6) is 0 Å². The fourth-order valence-corrected chi connectivity index (χ4v) is 3.05. The van der Waals surface area contributed by atoms with Crippen molar-refractivity contribution in [1.82, 2.24) is 9.29 Å². The lowest BCUT2D eigenvalue weighted by atomic mass is 10.4. The molecule has 0 aliphatic carbocycles. The molecule has 0 amide bonds. The largest absolute Gasteiger partial charge is 0.464 e. The van der Waals surface area contributed by atoms with Crippen molar-refractivity contribution in [2.75, 3.05) is 44.4 Å². The lowest BCUT2D eigenvalue weighted by molar-refractivity contribution is 0.0595. The van der Waals surface area contributed by atoms with Crippen molar-refractivity contribution >= 4 is 34.4 Å². The molecule has 1 aromatic rings. The Kier molecular flexibility index (Phi) is 4.25. The van der Waals surface area contributed by atoms with Crippen LogP contribution in [0.25, 0.3) is 0 Å². The fraction of sp³-hybridized carbons (Fsp3) is 0.600. The van der Waals surface area contributed by atoms with Gasteiger partial charge in [-0.25, -0.2) is 14.1 Å². The van der Waals surface area contributed by atoms with Crippen LogP contribution in [0.2, 0.25) is 0 Å². The molecule has 2 rings (SSSR count). The SMILES string of the molecule is COC(=O)c1csc(N2CCN(SC)CC2)n1. The van der Waals surface area contributed by atoms with Gasteiger partial charge in [-0.05, 0) is 6.26 Å². The second kappa shape index (κ2) is 5.70. The molecule has 1 aliphatic rings. The summed E-state index contributed by atoms with van der Waals surface area (Å²) in [5, 5.41) is 2.66. The Hall–Kier alpha value is -0.790. The number of nitrogens with zero attached hydrogens (tertiary/aromatic N) is 3. The zero-order valence-electron chi connectivity index (χ0n) is 9.88. The molecule has 5 nitrogen and oxygen atoms in total. The molecule has 0 saturated carbocycles. The Labute approximate surface area is 109 Å². The molecule has 0 aromatic carbocycles. The van der Waals surface area contributed by atoms with Crippen molar-refractivity contribution in [3.05, 3.63) is 11.1 Å². The Morgan fingerprint density at radius 1 is 1.47 bits per heavy atom. The molecule has 0 radical (unpaired) electrons. The highest BCUT2D eigenvalue weighted by Crippen LogP contribution is 2.23. The van der Waals surface area contributed by atoms with Crippen LogP contribution in [0.1, 0.15) is 10.5 Å². The van der Waals surface area contributed by atoms with E-state index in [0.29, 0.717) is 5.69 Å². The first-order chi connectivity index (χ1) is 8.24. The maximum atomic E-state index is 11.3. The van der Waals surface area contributed by atoms with E-state index >= 15 is 0 Å². The number of carbonyl (C=O) groups is 1. The maximum absolute atomic E-state index is 11.3. The number of thiazole rings is 1. The van der Waals surface area contributed by atoms with Crippen LogP contribution in [0.3, 0.4) is 0 Å². The molecule has 1 fully saturated rings. The summed E-state index contributed by atoms with van der Waals surface area (Å²) in [6.07, 6.45) is 2.09. The fourth-order valence-electron chi connectivity index (χ4n) is 1.67. The highest BCUT2D eigenvalue weighted by molar-refractivity contribution is 7.96. The molecular formula is C10H15N3O2S2. The van der Waals surface area contributed by atoms with E-state index in [0.717, 1.165) is 31.3 Å². The molecule has 0 atom stereocenters. The van der Waals surface area contributed by atoms with Gasteiger partial charge in [0.2, 0.25) is 0 Å². The van der Waals surface area contributed by atoms with Crippen LogP contribution >= 0.6 is 23.3 Å². The standard InChI is InChI=1S/C10H15N3O2S2/c1-15-9(14)8-7-17-10(11-8)12-3-5-13(16-2)6-4-12/h7H,3-6H2,1-2H3. The smallest absolute Gasteiger partial charge is 0.357 e. The summed E-state index contributed by atoms with van der Waals surface area (Å²) >= 11 is 3.27. The molecule has 7 heteroatoms.